The maximum absolute atomic E-state index is 11.1. The molecule has 10 nitrogen and oxygen atoms in total. The van der Waals surface area contributed by atoms with E-state index in [0.717, 1.165) is 18.2 Å². The van der Waals surface area contributed by atoms with Crippen molar-refractivity contribution < 1.29 is 19.4 Å². The van der Waals surface area contributed by atoms with E-state index in [0.29, 0.717) is 10.6 Å². The Labute approximate surface area is 155 Å². The van der Waals surface area contributed by atoms with E-state index in [-0.39, 0.29) is 17.1 Å². The number of hydrogen-bond acceptors (Lipinski definition) is 8. The maximum Gasteiger partial charge on any atom is 0.311 e. The molecule has 136 valence electrons. The van der Waals surface area contributed by atoms with Gasteiger partial charge in [0, 0.05) is 22.7 Å². The number of hydrogen-bond donors (Lipinski definition) is 1. The molecule has 0 aliphatic rings. The normalized spacial score (nSPS) is 11.0. The molecular weight excluding hydrogens is 380 g/mol. The van der Waals surface area contributed by atoms with Crippen LogP contribution in [0.2, 0.25) is 5.02 Å². The zero-order valence-corrected chi connectivity index (χ0v) is 14.0. The number of non-ortho nitro benzene ring substituents is 1. The lowest BCUT2D eigenvalue weighted by atomic mass is 10.2. The van der Waals surface area contributed by atoms with Crippen LogP contribution in [0.4, 0.5) is 22.7 Å². The summed E-state index contributed by atoms with van der Waals surface area (Å²) < 4.78 is 5.19. The Kier molecular flexibility index (Phi) is 4.81. The highest BCUT2D eigenvalue weighted by Crippen LogP contribution is 2.38. The molecule has 3 rings (SSSR count). The molecule has 2 aromatic carbocycles. The van der Waals surface area contributed by atoms with Crippen molar-refractivity contribution >= 4 is 34.4 Å². The van der Waals surface area contributed by atoms with E-state index in [1.165, 1.54) is 6.07 Å². The molecule has 0 spiro atoms. The van der Waals surface area contributed by atoms with Crippen molar-refractivity contribution in [2.45, 2.75) is 0 Å². The van der Waals surface area contributed by atoms with Gasteiger partial charge in [-0.2, -0.15) is 0 Å². The van der Waals surface area contributed by atoms with Crippen LogP contribution in [0.3, 0.4) is 0 Å². The number of halogens is 1. The third kappa shape index (κ3) is 3.90. The number of azo groups is 1. The Morgan fingerprint density at radius 3 is 2.22 bits per heavy atom. The lowest BCUT2D eigenvalue weighted by Gasteiger charge is -1.96. The smallest absolute Gasteiger partial charge is 0.311 e. The quantitative estimate of drug-likeness (QED) is 0.345. The van der Waals surface area contributed by atoms with Crippen molar-refractivity contribution in [2.75, 3.05) is 0 Å². The molecule has 0 unspecified atom stereocenters. The molecule has 0 radical (unpaired) electrons. The predicted molar refractivity (Wildman–Crippen MR) is 94.7 cm³/mol. The van der Waals surface area contributed by atoms with E-state index < -0.39 is 27.2 Å². The van der Waals surface area contributed by atoms with E-state index in [1.54, 1.807) is 24.3 Å². The number of rotatable bonds is 5. The minimum Gasteiger partial charge on any atom is -0.479 e. The number of benzene rings is 2. The monoisotopic (exact) mass is 388 g/mol. The Balaban J connectivity index is 1.93. The van der Waals surface area contributed by atoms with Crippen LogP contribution < -0.4 is 0 Å². The van der Waals surface area contributed by atoms with Gasteiger partial charge in [0.15, 0.2) is 11.4 Å². The molecule has 1 aromatic heterocycles. The number of nitrogens with zero attached hydrogens (tertiary/aromatic N) is 4. The molecule has 0 bridgehead atoms. The molecular formula is C16H9ClN4O6. The first-order valence-corrected chi connectivity index (χ1v) is 7.66. The van der Waals surface area contributed by atoms with Crippen LogP contribution in [0.25, 0.3) is 11.3 Å². The summed E-state index contributed by atoms with van der Waals surface area (Å²) in [5.41, 5.74) is -0.685. The molecule has 0 amide bonds. The first-order valence-electron chi connectivity index (χ1n) is 7.28. The summed E-state index contributed by atoms with van der Waals surface area (Å²) in [6.45, 7) is 0. The Hall–Kier alpha value is -3.79. The van der Waals surface area contributed by atoms with Crippen molar-refractivity contribution in [3.8, 4) is 17.3 Å². The van der Waals surface area contributed by atoms with Crippen LogP contribution in [0.5, 0.6) is 5.95 Å². The molecule has 0 aliphatic carbocycles. The molecule has 1 N–H and O–H groups in total. The molecule has 0 fully saturated rings. The van der Waals surface area contributed by atoms with Gasteiger partial charge < -0.3 is 9.52 Å². The van der Waals surface area contributed by atoms with Crippen LogP contribution >= 0.6 is 11.6 Å². The third-order valence-electron chi connectivity index (χ3n) is 3.45. The van der Waals surface area contributed by atoms with Gasteiger partial charge in [-0.25, -0.2) is 0 Å². The van der Waals surface area contributed by atoms with E-state index in [2.05, 4.69) is 10.2 Å². The zero-order valence-electron chi connectivity index (χ0n) is 13.3. The highest BCUT2D eigenvalue weighted by molar-refractivity contribution is 6.30. The van der Waals surface area contributed by atoms with Gasteiger partial charge in [-0.05, 0) is 30.3 Å². The van der Waals surface area contributed by atoms with Gasteiger partial charge in [0.05, 0.1) is 15.9 Å². The van der Waals surface area contributed by atoms with Gasteiger partial charge in [0.25, 0.3) is 5.69 Å². The van der Waals surface area contributed by atoms with Gasteiger partial charge in [-0.3, -0.25) is 20.2 Å². The zero-order chi connectivity index (χ0) is 19.6. The molecule has 0 saturated heterocycles. The summed E-state index contributed by atoms with van der Waals surface area (Å²) in [5, 5.41) is 39.7. The second-order valence-electron chi connectivity index (χ2n) is 5.20. The van der Waals surface area contributed by atoms with Gasteiger partial charge in [-0.15, -0.1) is 10.2 Å². The fraction of sp³-hybridized carbons (Fsp3) is 0. The Bertz CT molecular complexity index is 1060. The Morgan fingerprint density at radius 1 is 0.926 bits per heavy atom. The average Bonchev–Trinajstić information content (AvgIpc) is 3.01. The minimum absolute atomic E-state index is 0.0624. The van der Waals surface area contributed by atoms with Crippen molar-refractivity contribution in [3.63, 3.8) is 0 Å². The van der Waals surface area contributed by atoms with Gasteiger partial charge in [0.2, 0.25) is 0 Å². The van der Waals surface area contributed by atoms with E-state index >= 15 is 0 Å². The number of furan rings is 1. The van der Waals surface area contributed by atoms with Gasteiger partial charge in [0.1, 0.15) is 5.76 Å². The van der Waals surface area contributed by atoms with Gasteiger partial charge >= 0.3 is 11.6 Å². The first kappa shape index (κ1) is 18.0. The van der Waals surface area contributed by atoms with Crippen LogP contribution in [0, 0.1) is 20.2 Å². The summed E-state index contributed by atoms with van der Waals surface area (Å²) in [7, 11) is 0. The SMILES string of the molecule is O=[N+]([O-])c1ccc(N=Nc2cc(-c3ccc(Cl)cc3)oc2O)c([N+](=O)[O-])c1. The fourth-order valence-corrected chi connectivity index (χ4v) is 2.29. The molecule has 11 heteroatoms. The first-order chi connectivity index (χ1) is 12.8. The van der Waals surface area contributed by atoms with Gasteiger partial charge in [-0.1, -0.05) is 11.6 Å². The lowest BCUT2D eigenvalue weighted by molar-refractivity contribution is -0.393. The summed E-state index contributed by atoms with van der Waals surface area (Å²) in [6.07, 6.45) is 0. The molecule has 0 aliphatic heterocycles. The highest BCUT2D eigenvalue weighted by atomic mass is 35.5. The maximum atomic E-state index is 11.1. The van der Waals surface area contributed by atoms with E-state index in [9.17, 15) is 25.3 Å². The minimum atomic E-state index is -0.810. The standard InChI is InChI=1S/C16H9ClN4O6/c17-10-3-1-9(2-4-10)15-8-13(16(22)27-15)19-18-12-6-5-11(20(23)24)7-14(12)21(25)26/h1-8,22H. The van der Waals surface area contributed by atoms with Crippen LogP contribution in [0.15, 0.2) is 63.2 Å². The molecule has 0 atom stereocenters. The van der Waals surface area contributed by atoms with Crippen LogP contribution in [-0.4, -0.2) is 15.0 Å². The number of nitro groups is 2. The largest absolute Gasteiger partial charge is 0.479 e. The van der Waals surface area contributed by atoms with Crippen molar-refractivity contribution in [2.24, 2.45) is 10.2 Å². The summed E-state index contributed by atoms with van der Waals surface area (Å²) >= 11 is 5.81. The fourth-order valence-electron chi connectivity index (χ4n) is 2.16. The summed E-state index contributed by atoms with van der Waals surface area (Å²) in [4.78, 5) is 20.3. The van der Waals surface area contributed by atoms with E-state index in [4.69, 9.17) is 16.0 Å². The molecule has 27 heavy (non-hydrogen) atoms. The topological polar surface area (TPSA) is 144 Å². The molecule has 1 heterocycles. The van der Waals surface area contributed by atoms with Crippen molar-refractivity contribution in [1.29, 1.82) is 0 Å². The van der Waals surface area contributed by atoms with E-state index in [1.807, 2.05) is 0 Å². The second-order valence-corrected chi connectivity index (χ2v) is 5.63. The predicted octanol–water partition coefficient (Wildman–Crippen LogP) is 5.54. The third-order valence-corrected chi connectivity index (χ3v) is 3.71. The van der Waals surface area contributed by atoms with Crippen molar-refractivity contribution in [3.05, 3.63) is 73.8 Å². The Morgan fingerprint density at radius 2 is 1.59 bits per heavy atom. The highest BCUT2D eigenvalue weighted by Gasteiger charge is 2.20. The molecule has 0 saturated carbocycles. The van der Waals surface area contributed by atoms with Crippen LogP contribution in [-0.2, 0) is 0 Å². The van der Waals surface area contributed by atoms with Crippen LogP contribution in [0.1, 0.15) is 0 Å². The summed E-state index contributed by atoms with van der Waals surface area (Å²) in [6, 6.07) is 10.9. The van der Waals surface area contributed by atoms with Crippen molar-refractivity contribution in [1.82, 2.24) is 0 Å². The number of nitro benzene ring substituents is 2. The average molecular weight is 389 g/mol. The lowest BCUT2D eigenvalue weighted by Crippen LogP contribution is -1.92. The number of aromatic hydroxyl groups is 1. The summed E-state index contributed by atoms with van der Waals surface area (Å²) in [5.74, 6) is -0.246. The molecule has 3 aromatic rings. The second kappa shape index (κ2) is 7.22.